The van der Waals surface area contributed by atoms with Gasteiger partial charge in [0.25, 0.3) is 0 Å². The first-order valence-electron chi connectivity index (χ1n) is 7.46. The van der Waals surface area contributed by atoms with Crippen molar-refractivity contribution >= 4 is 11.3 Å². The van der Waals surface area contributed by atoms with E-state index in [1.807, 2.05) is 12.1 Å². The van der Waals surface area contributed by atoms with Gasteiger partial charge >= 0.3 is 0 Å². The molecule has 2 rings (SSSR count). The molecule has 0 radical (unpaired) electrons. The van der Waals surface area contributed by atoms with Gasteiger partial charge in [-0.3, -0.25) is 0 Å². The molecule has 1 aromatic carbocycles. The summed E-state index contributed by atoms with van der Waals surface area (Å²) in [5, 5.41) is 14.2. The fourth-order valence-electron chi connectivity index (χ4n) is 2.08. The fourth-order valence-corrected chi connectivity index (χ4v) is 2.96. The molecular formula is C16H23N3OS. The third kappa shape index (κ3) is 5.44. The first-order chi connectivity index (χ1) is 10.3. The molecule has 0 amide bonds. The molecule has 0 bridgehead atoms. The number of aromatic nitrogens is 2. The van der Waals surface area contributed by atoms with Gasteiger partial charge in [-0.15, -0.1) is 21.5 Å². The predicted octanol–water partition coefficient (Wildman–Crippen LogP) is 2.87. The van der Waals surface area contributed by atoms with Crippen LogP contribution in [-0.2, 0) is 19.3 Å². The molecular weight excluding hydrogens is 282 g/mol. The molecule has 0 aliphatic rings. The van der Waals surface area contributed by atoms with Crippen molar-refractivity contribution in [2.75, 3.05) is 20.2 Å². The van der Waals surface area contributed by atoms with Crippen LogP contribution in [0.4, 0.5) is 0 Å². The second-order valence-electron chi connectivity index (χ2n) is 4.89. The average Bonchev–Trinajstić information content (AvgIpc) is 2.98. The average molecular weight is 305 g/mol. The van der Waals surface area contributed by atoms with Crippen LogP contribution in [0.3, 0.4) is 0 Å². The monoisotopic (exact) mass is 305 g/mol. The van der Waals surface area contributed by atoms with Gasteiger partial charge in [0.2, 0.25) is 0 Å². The lowest BCUT2D eigenvalue weighted by Crippen LogP contribution is -2.14. The number of hydrogen-bond donors (Lipinski definition) is 1. The summed E-state index contributed by atoms with van der Waals surface area (Å²) in [5.74, 6) is 0.901. The van der Waals surface area contributed by atoms with E-state index in [9.17, 15) is 0 Å². The minimum Gasteiger partial charge on any atom is -0.497 e. The van der Waals surface area contributed by atoms with Crippen LogP contribution in [-0.4, -0.2) is 30.4 Å². The second kappa shape index (κ2) is 8.74. The van der Waals surface area contributed by atoms with Crippen molar-refractivity contribution in [2.45, 2.75) is 32.6 Å². The van der Waals surface area contributed by atoms with Crippen molar-refractivity contribution < 1.29 is 4.74 Å². The topological polar surface area (TPSA) is 47.0 Å². The molecule has 0 fully saturated rings. The minimum atomic E-state index is 0.901. The van der Waals surface area contributed by atoms with Crippen LogP contribution in [0.1, 0.15) is 28.9 Å². The Bertz CT molecular complexity index is 525. The second-order valence-corrected chi connectivity index (χ2v) is 6.04. The van der Waals surface area contributed by atoms with Gasteiger partial charge in [0.1, 0.15) is 15.8 Å². The molecule has 0 aliphatic heterocycles. The summed E-state index contributed by atoms with van der Waals surface area (Å²) in [4.78, 5) is 0. The summed E-state index contributed by atoms with van der Waals surface area (Å²) in [6, 6.07) is 8.22. The summed E-state index contributed by atoms with van der Waals surface area (Å²) < 4.78 is 5.16. The number of nitrogens with one attached hydrogen (secondary N) is 1. The molecule has 5 heteroatoms. The van der Waals surface area contributed by atoms with Crippen molar-refractivity contribution in [3.63, 3.8) is 0 Å². The van der Waals surface area contributed by atoms with E-state index in [1.165, 1.54) is 5.56 Å². The molecule has 1 N–H and O–H groups in total. The van der Waals surface area contributed by atoms with E-state index in [-0.39, 0.29) is 0 Å². The third-order valence-corrected chi connectivity index (χ3v) is 4.33. The van der Waals surface area contributed by atoms with Gasteiger partial charge < -0.3 is 10.1 Å². The summed E-state index contributed by atoms with van der Waals surface area (Å²) >= 11 is 1.74. The number of hydrogen-bond acceptors (Lipinski definition) is 5. The number of nitrogens with zero attached hydrogens (tertiary/aromatic N) is 2. The van der Waals surface area contributed by atoms with Gasteiger partial charge in [-0.2, -0.15) is 0 Å². The van der Waals surface area contributed by atoms with Crippen molar-refractivity contribution in [2.24, 2.45) is 0 Å². The lowest BCUT2D eigenvalue weighted by Gasteiger charge is -2.01. The van der Waals surface area contributed by atoms with Crippen molar-refractivity contribution in [3.8, 4) is 5.75 Å². The van der Waals surface area contributed by atoms with E-state index in [0.29, 0.717) is 0 Å². The van der Waals surface area contributed by atoms with Gasteiger partial charge in [-0.1, -0.05) is 19.1 Å². The van der Waals surface area contributed by atoms with Crippen LogP contribution in [0, 0.1) is 0 Å². The highest BCUT2D eigenvalue weighted by Crippen LogP contribution is 2.16. The van der Waals surface area contributed by atoms with E-state index in [0.717, 1.165) is 54.5 Å². The molecule has 0 saturated carbocycles. The number of aryl methyl sites for hydroxylation is 3. The summed E-state index contributed by atoms with van der Waals surface area (Å²) in [6.45, 7) is 4.21. The van der Waals surface area contributed by atoms with Crippen LogP contribution >= 0.6 is 11.3 Å². The van der Waals surface area contributed by atoms with E-state index in [4.69, 9.17) is 4.74 Å². The standard InChI is InChI=1S/C16H23N3OS/c1-3-17-12-4-5-15-18-19-16(21-15)11-8-13-6-9-14(20-2)10-7-13/h6-7,9-10,17H,3-5,8,11-12H2,1-2H3. The number of rotatable bonds is 9. The van der Waals surface area contributed by atoms with Crippen molar-refractivity contribution in [3.05, 3.63) is 39.8 Å². The molecule has 4 nitrogen and oxygen atoms in total. The highest BCUT2D eigenvalue weighted by molar-refractivity contribution is 7.11. The predicted molar refractivity (Wildman–Crippen MR) is 87.2 cm³/mol. The Morgan fingerprint density at radius 3 is 2.43 bits per heavy atom. The van der Waals surface area contributed by atoms with E-state index in [2.05, 4.69) is 34.6 Å². The molecule has 0 saturated heterocycles. The highest BCUT2D eigenvalue weighted by Gasteiger charge is 2.04. The SMILES string of the molecule is CCNCCCc1nnc(CCc2ccc(OC)cc2)s1. The van der Waals surface area contributed by atoms with E-state index in [1.54, 1.807) is 18.4 Å². The lowest BCUT2D eigenvalue weighted by molar-refractivity contribution is 0.414. The fraction of sp³-hybridized carbons (Fsp3) is 0.500. The molecule has 1 heterocycles. The minimum absolute atomic E-state index is 0.901. The molecule has 114 valence electrons. The van der Waals surface area contributed by atoms with Crippen molar-refractivity contribution in [1.82, 2.24) is 15.5 Å². The lowest BCUT2D eigenvalue weighted by atomic mass is 10.1. The Kier molecular flexibility index (Phi) is 6.63. The molecule has 0 unspecified atom stereocenters. The van der Waals surface area contributed by atoms with Gasteiger partial charge in [0.15, 0.2) is 0 Å². The van der Waals surface area contributed by atoms with Gasteiger partial charge in [0, 0.05) is 12.8 Å². The molecule has 21 heavy (non-hydrogen) atoms. The molecule has 1 aromatic heterocycles. The smallest absolute Gasteiger partial charge is 0.118 e. The van der Waals surface area contributed by atoms with Crippen LogP contribution in [0.2, 0.25) is 0 Å². The van der Waals surface area contributed by atoms with E-state index >= 15 is 0 Å². The van der Waals surface area contributed by atoms with Gasteiger partial charge in [-0.05, 0) is 43.6 Å². The summed E-state index contributed by atoms with van der Waals surface area (Å²) in [7, 11) is 1.69. The molecule has 0 aliphatic carbocycles. The zero-order chi connectivity index (χ0) is 14.9. The van der Waals surface area contributed by atoms with E-state index < -0.39 is 0 Å². The maximum Gasteiger partial charge on any atom is 0.118 e. The van der Waals surface area contributed by atoms with Gasteiger partial charge in [0.05, 0.1) is 7.11 Å². The Morgan fingerprint density at radius 2 is 1.76 bits per heavy atom. The Hall–Kier alpha value is -1.46. The zero-order valence-electron chi connectivity index (χ0n) is 12.8. The third-order valence-electron chi connectivity index (χ3n) is 3.29. The van der Waals surface area contributed by atoms with Crippen LogP contribution in [0.15, 0.2) is 24.3 Å². The Morgan fingerprint density at radius 1 is 1.05 bits per heavy atom. The Balaban J connectivity index is 1.76. The molecule has 2 aromatic rings. The number of benzene rings is 1. The van der Waals surface area contributed by atoms with Crippen LogP contribution in [0.25, 0.3) is 0 Å². The van der Waals surface area contributed by atoms with Crippen LogP contribution in [0.5, 0.6) is 5.75 Å². The summed E-state index contributed by atoms with van der Waals surface area (Å²) in [6.07, 6.45) is 4.10. The molecule has 0 spiro atoms. The maximum atomic E-state index is 5.16. The highest BCUT2D eigenvalue weighted by atomic mass is 32.1. The van der Waals surface area contributed by atoms with Crippen molar-refractivity contribution in [1.29, 1.82) is 0 Å². The largest absolute Gasteiger partial charge is 0.497 e. The van der Waals surface area contributed by atoms with Gasteiger partial charge in [-0.25, -0.2) is 0 Å². The number of methoxy groups -OCH3 is 1. The first-order valence-corrected chi connectivity index (χ1v) is 8.28. The summed E-state index contributed by atoms with van der Waals surface area (Å²) in [5.41, 5.74) is 1.31. The number of ether oxygens (including phenoxy) is 1. The maximum absolute atomic E-state index is 5.16. The van der Waals surface area contributed by atoms with Crippen LogP contribution < -0.4 is 10.1 Å². The first kappa shape index (κ1) is 15.9. The zero-order valence-corrected chi connectivity index (χ0v) is 13.6. The normalized spacial score (nSPS) is 10.8. The quantitative estimate of drug-likeness (QED) is 0.724. The Labute approximate surface area is 130 Å². The molecule has 0 atom stereocenters.